The molecule has 0 amide bonds. The van der Waals surface area contributed by atoms with E-state index in [4.69, 9.17) is 5.11 Å². The van der Waals surface area contributed by atoms with Gasteiger partial charge in [0.05, 0.1) is 12.3 Å². The van der Waals surface area contributed by atoms with Crippen LogP contribution in [-0.2, 0) is 7.05 Å². The van der Waals surface area contributed by atoms with E-state index in [1.54, 1.807) is 4.68 Å². The van der Waals surface area contributed by atoms with Gasteiger partial charge in [-0.1, -0.05) is 0 Å². The number of aryl methyl sites for hydroxylation is 1. The molecule has 0 unspecified atom stereocenters. The fourth-order valence-corrected chi connectivity index (χ4v) is 1.51. The zero-order valence-corrected chi connectivity index (χ0v) is 6.57. The third-order valence-electron chi connectivity index (χ3n) is 2.31. The third kappa shape index (κ3) is 1.16. The van der Waals surface area contributed by atoms with E-state index < -0.39 is 0 Å². The minimum absolute atomic E-state index is 0.0693. The predicted octanol–water partition coefficient (Wildman–Crippen LogP) is 0.658. The van der Waals surface area contributed by atoms with E-state index in [-0.39, 0.29) is 6.10 Å². The molecule has 2 rings (SSSR count). The summed E-state index contributed by atoms with van der Waals surface area (Å²) in [5.74, 6) is 0.554. The van der Waals surface area contributed by atoms with Gasteiger partial charge in [0.2, 0.25) is 0 Å². The van der Waals surface area contributed by atoms with Crippen LogP contribution in [0.1, 0.15) is 24.3 Å². The summed E-state index contributed by atoms with van der Waals surface area (Å²) in [4.78, 5) is 0. The zero-order chi connectivity index (χ0) is 7.84. The monoisotopic (exact) mass is 152 g/mol. The van der Waals surface area contributed by atoms with E-state index in [1.807, 2.05) is 19.4 Å². The van der Waals surface area contributed by atoms with Gasteiger partial charge in [-0.3, -0.25) is 4.68 Å². The molecular formula is C8H12N2O. The Morgan fingerprint density at radius 3 is 2.82 bits per heavy atom. The molecule has 0 aliphatic heterocycles. The molecule has 1 heterocycles. The Morgan fingerprint density at radius 2 is 2.36 bits per heavy atom. The first-order chi connectivity index (χ1) is 5.25. The Labute approximate surface area is 65.7 Å². The van der Waals surface area contributed by atoms with Crippen LogP contribution in [0.15, 0.2) is 12.4 Å². The minimum Gasteiger partial charge on any atom is -0.393 e. The van der Waals surface area contributed by atoms with Crippen molar-refractivity contribution in [2.24, 2.45) is 7.05 Å². The number of nitrogens with zero attached hydrogens (tertiary/aromatic N) is 2. The van der Waals surface area contributed by atoms with Crippen LogP contribution >= 0.6 is 0 Å². The second kappa shape index (κ2) is 2.34. The molecule has 0 saturated heterocycles. The van der Waals surface area contributed by atoms with Gasteiger partial charge < -0.3 is 5.11 Å². The van der Waals surface area contributed by atoms with Gasteiger partial charge in [-0.2, -0.15) is 5.10 Å². The molecule has 3 nitrogen and oxygen atoms in total. The highest BCUT2D eigenvalue weighted by Gasteiger charge is 2.29. The summed E-state index contributed by atoms with van der Waals surface area (Å²) < 4.78 is 1.81. The van der Waals surface area contributed by atoms with Crippen LogP contribution in [0.4, 0.5) is 0 Å². The first kappa shape index (κ1) is 6.85. The van der Waals surface area contributed by atoms with E-state index in [0.29, 0.717) is 5.92 Å². The van der Waals surface area contributed by atoms with Gasteiger partial charge in [0.15, 0.2) is 0 Å². The SMILES string of the molecule is Cn1cc(C2CC(O)C2)cn1. The third-order valence-corrected chi connectivity index (χ3v) is 2.31. The highest BCUT2D eigenvalue weighted by molar-refractivity contribution is 5.15. The second-order valence-electron chi connectivity index (χ2n) is 3.27. The average molecular weight is 152 g/mol. The first-order valence-electron chi connectivity index (χ1n) is 3.92. The van der Waals surface area contributed by atoms with Gasteiger partial charge in [0, 0.05) is 13.2 Å². The molecular weight excluding hydrogens is 140 g/mol. The van der Waals surface area contributed by atoms with Gasteiger partial charge in [0.1, 0.15) is 0 Å². The van der Waals surface area contributed by atoms with Gasteiger partial charge in [-0.15, -0.1) is 0 Å². The zero-order valence-electron chi connectivity index (χ0n) is 6.57. The van der Waals surface area contributed by atoms with Crippen LogP contribution in [0, 0.1) is 0 Å². The Bertz CT molecular complexity index is 250. The van der Waals surface area contributed by atoms with E-state index >= 15 is 0 Å². The maximum Gasteiger partial charge on any atom is 0.0552 e. The molecule has 0 spiro atoms. The maximum atomic E-state index is 9.06. The van der Waals surface area contributed by atoms with Gasteiger partial charge in [-0.25, -0.2) is 0 Å². The van der Waals surface area contributed by atoms with Crippen molar-refractivity contribution in [3.05, 3.63) is 18.0 Å². The Hall–Kier alpha value is -0.830. The molecule has 0 atom stereocenters. The van der Waals surface area contributed by atoms with Crippen molar-refractivity contribution < 1.29 is 5.11 Å². The lowest BCUT2D eigenvalue weighted by Crippen LogP contribution is -2.26. The topological polar surface area (TPSA) is 38.0 Å². The summed E-state index contributed by atoms with van der Waals surface area (Å²) in [6, 6.07) is 0. The molecule has 1 fully saturated rings. The lowest BCUT2D eigenvalue weighted by atomic mass is 9.79. The number of aliphatic hydroxyl groups is 1. The second-order valence-corrected chi connectivity index (χ2v) is 3.27. The first-order valence-corrected chi connectivity index (χ1v) is 3.92. The predicted molar refractivity (Wildman–Crippen MR) is 41.2 cm³/mol. The van der Waals surface area contributed by atoms with Crippen molar-refractivity contribution in [1.29, 1.82) is 0 Å². The van der Waals surface area contributed by atoms with Crippen LogP contribution in [-0.4, -0.2) is 21.0 Å². The molecule has 0 radical (unpaired) electrons. The number of aliphatic hydroxyl groups excluding tert-OH is 1. The van der Waals surface area contributed by atoms with E-state index in [2.05, 4.69) is 5.10 Å². The number of aromatic nitrogens is 2. The summed E-state index contributed by atoms with van der Waals surface area (Å²) in [7, 11) is 1.92. The summed E-state index contributed by atoms with van der Waals surface area (Å²) >= 11 is 0. The lowest BCUT2D eigenvalue weighted by molar-refractivity contribution is 0.0746. The summed E-state index contributed by atoms with van der Waals surface area (Å²) in [5.41, 5.74) is 1.26. The molecule has 1 aromatic heterocycles. The standard InChI is InChI=1S/C8H12N2O/c1-10-5-7(4-9-10)6-2-8(11)3-6/h4-6,8,11H,2-3H2,1H3. The van der Waals surface area contributed by atoms with E-state index in [1.165, 1.54) is 5.56 Å². The minimum atomic E-state index is -0.0693. The van der Waals surface area contributed by atoms with Crippen molar-refractivity contribution in [3.8, 4) is 0 Å². The van der Waals surface area contributed by atoms with E-state index in [0.717, 1.165) is 12.8 Å². The quantitative estimate of drug-likeness (QED) is 0.642. The van der Waals surface area contributed by atoms with Crippen LogP contribution in [0.3, 0.4) is 0 Å². The normalized spacial score (nSPS) is 30.0. The Kier molecular flexibility index (Phi) is 1.46. The summed E-state index contributed by atoms with van der Waals surface area (Å²) in [6.45, 7) is 0. The van der Waals surface area contributed by atoms with Crippen LogP contribution in [0.25, 0.3) is 0 Å². The maximum absolute atomic E-state index is 9.06. The number of rotatable bonds is 1. The van der Waals surface area contributed by atoms with Gasteiger partial charge >= 0.3 is 0 Å². The van der Waals surface area contributed by atoms with Crippen molar-refractivity contribution in [2.45, 2.75) is 24.9 Å². The Balaban J connectivity index is 2.07. The van der Waals surface area contributed by atoms with Crippen molar-refractivity contribution in [3.63, 3.8) is 0 Å². The smallest absolute Gasteiger partial charge is 0.0552 e. The highest BCUT2D eigenvalue weighted by Crippen LogP contribution is 2.36. The number of hydrogen-bond acceptors (Lipinski definition) is 2. The van der Waals surface area contributed by atoms with Crippen molar-refractivity contribution in [1.82, 2.24) is 9.78 Å². The molecule has 0 aromatic carbocycles. The molecule has 60 valence electrons. The molecule has 3 heteroatoms. The molecule has 0 bridgehead atoms. The Morgan fingerprint density at radius 1 is 1.64 bits per heavy atom. The van der Waals surface area contributed by atoms with Crippen molar-refractivity contribution in [2.75, 3.05) is 0 Å². The number of hydrogen-bond donors (Lipinski definition) is 1. The van der Waals surface area contributed by atoms with Gasteiger partial charge in [0.25, 0.3) is 0 Å². The largest absolute Gasteiger partial charge is 0.393 e. The molecule has 11 heavy (non-hydrogen) atoms. The van der Waals surface area contributed by atoms with Crippen LogP contribution in [0.2, 0.25) is 0 Å². The fourth-order valence-electron chi connectivity index (χ4n) is 1.51. The molecule has 1 saturated carbocycles. The summed E-state index contributed by atoms with van der Waals surface area (Å²) in [6.07, 6.45) is 5.66. The molecule has 1 aliphatic rings. The van der Waals surface area contributed by atoms with Crippen molar-refractivity contribution >= 4 is 0 Å². The molecule has 1 aromatic rings. The van der Waals surface area contributed by atoms with Crippen LogP contribution in [0.5, 0.6) is 0 Å². The van der Waals surface area contributed by atoms with Crippen LogP contribution < -0.4 is 0 Å². The molecule has 1 aliphatic carbocycles. The average Bonchev–Trinajstić information content (AvgIpc) is 2.29. The lowest BCUT2D eigenvalue weighted by Gasteiger charge is -2.30. The highest BCUT2D eigenvalue weighted by atomic mass is 16.3. The fraction of sp³-hybridized carbons (Fsp3) is 0.625. The molecule has 1 N–H and O–H groups in total. The summed E-state index contributed by atoms with van der Waals surface area (Å²) in [5, 5.41) is 13.1. The van der Waals surface area contributed by atoms with E-state index in [9.17, 15) is 0 Å². The van der Waals surface area contributed by atoms with Gasteiger partial charge in [-0.05, 0) is 24.3 Å².